The van der Waals surface area contributed by atoms with E-state index in [1.807, 2.05) is 0 Å². The molecular weight excluding hydrogens is 315 g/mol. The molecule has 0 fully saturated rings. The van der Waals surface area contributed by atoms with E-state index in [1.54, 1.807) is 32.0 Å². The quantitative estimate of drug-likeness (QED) is 0.911. The van der Waals surface area contributed by atoms with Crippen LogP contribution in [0.2, 0.25) is 10.0 Å². The third kappa shape index (κ3) is 3.01. The van der Waals surface area contributed by atoms with Gasteiger partial charge in [-0.1, -0.05) is 36.2 Å². The molecule has 1 aromatic carbocycles. The lowest BCUT2D eigenvalue weighted by Gasteiger charge is -2.23. The van der Waals surface area contributed by atoms with E-state index in [4.69, 9.17) is 23.2 Å². The van der Waals surface area contributed by atoms with Crippen molar-refractivity contribution in [2.24, 2.45) is 5.41 Å². The Morgan fingerprint density at radius 3 is 2.52 bits per heavy atom. The summed E-state index contributed by atoms with van der Waals surface area (Å²) in [5.74, 6) is -0.553. The fourth-order valence-electron chi connectivity index (χ4n) is 1.86. The summed E-state index contributed by atoms with van der Waals surface area (Å²) in [7, 11) is 0. The maximum absolute atomic E-state index is 11.4. The zero-order valence-electron chi connectivity index (χ0n) is 11.5. The van der Waals surface area contributed by atoms with Crippen molar-refractivity contribution in [2.75, 3.05) is 0 Å². The topological polar surface area (TPSA) is 80.9 Å². The Labute approximate surface area is 131 Å². The summed E-state index contributed by atoms with van der Waals surface area (Å²) in [6, 6.07) is 5.08. The smallest absolute Gasteiger partial charge is 0.311 e. The zero-order valence-corrected chi connectivity index (χ0v) is 13.1. The molecule has 0 saturated carbocycles. The van der Waals surface area contributed by atoms with E-state index in [9.17, 15) is 9.90 Å². The first-order chi connectivity index (χ1) is 9.89. The first-order valence-electron chi connectivity index (χ1n) is 6.33. The Hall–Kier alpha value is -1.66. The van der Waals surface area contributed by atoms with Crippen molar-refractivity contribution < 1.29 is 9.90 Å². The molecule has 112 valence electrons. The van der Waals surface area contributed by atoms with Crippen LogP contribution in [0.25, 0.3) is 11.4 Å². The van der Waals surface area contributed by atoms with Gasteiger partial charge in [-0.2, -0.15) is 0 Å². The molecule has 1 N–H and O–H groups in total. The van der Waals surface area contributed by atoms with Crippen LogP contribution in [0.5, 0.6) is 0 Å². The van der Waals surface area contributed by atoms with Crippen LogP contribution in [0.4, 0.5) is 0 Å². The maximum Gasteiger partial charge on any atom is 0.311 e. The molecule has 2 aromatic rings. The number of aliphatic carboxylic acids is 1. The maximum atomic E-state index is 11.4. The molecule has 0 aliphatic carbocycles. The van der Waals surface area contributed by atoms with Crippen molar-refractivity contribution in [1.29, 1.82) is 0 Å². The van der Waals surface area contributed by atoms with Gasteiger partial charge in [-0.25, -0.2) is 4.68 Å². The molecule has 2 rings (SSSR count). The Bertz CT molecular complexity index is 654. The van der Waals surface area contributed by atoms with Crippen molar-refractivity contribution in [3.8, 4) is 11.4 Å². The van der Waals surface area contributed by atoms with E-state index in [0.717, 1.165) is 0 Å². The Balaban J connectivity index is 2.47. The van der Waals surface area contributed by atoms with Crippen molar-refractivity contribution in [3.63, 3.8) is 0 Å². The minimum Gasteiger partial charge on any atom is -0.481 e. The van der Waals surface area contributed by atoms with Crippen LogP contribution in [0.1, 0.15) is 20.3 Å². The lowest BCUT2D eigenvalue weighted by molar-refractivity contribution is -0.149. The zero-order chi connectivity index (χ0) is 15.6. The lowest BCUT2D eigenvalue weighted by Crippen LogP contribution is -2.32. The van der Waals surface area contributed by atoms with Crippen LogP contribution in [0, 0.1) is 5.41 Å². The third-order valence-electron chi connectivity index (χ3n) is 3.51. The molecule has 0 aliphatic rings. The first-order valence-corrected chi connectivity index (χ1v) is 7.08. The van der Waals surface area contributed by atoms with Gasteiger partial charge in [0.1, 0.15) is 0 Å². The number of hydrogen-bond acceptors (Lipinski definition) is 4. The average molecular weight is 329 g/mol. The van der Waals surface area contributed by atoms with Gasteiger partial charge in [0, 0.05) is 0 Å². The highest BCUT2D eigenvalue weighted by Crippen LogP contribution is 2.34. The van der Waals surface area contributed by atoms with E-state index in [2.05, 4.69) is 15.5 Å². The first kappa shape index (κ1) is 15.7. The predicted molar refractivity (Wildman–Crippen MR) is 79.3 cm³/mol. The van der Waals surface area contributed by atoms with Crippen LogP contribution < -0.4 is 0 Å². The molecule has 21 heavy (non-hydrogen) atoms. The van der Waals surface area contributed by atoms with Crippen LogP contribution >= 0.6 is 23.2 Å². The number of benzene rings is 1. The summed E-state index contributed by atoms with van der Waals surface area (Å²) in [6.45, 7) is 3.58. The Morgan fingerprint density at radius 1 is 1.38 bits per heavy atom. The fourth-order valence-corrected chi connectivity index (χ4v) is 2.43. The summed E-state index contributed by atoms with van der Waals surface area (Å²) in [4.78, 5) is 11.4. The molecule has 8 heteroatoms. The summed E-state index contributed by atoms with van der Waals surface area (Å²) in [5.41, 5.74) is -0.479. The van der Waals surface area contributed by atoms with Gasteiger partial charge in [-0.15, -0.1) is 5.10 Å². The van der Waals surface area contributed by atoms with E-state index in [-0.39, 0.29) is 6.54 Å². The number of halogens is 2. The van der Waals surface area contributed by atoms with Crippen molar-refractivity contribution in [2.45, 2.75) is 26.8 Å². The molecule has 0 amide bonds. The molecule has 0 aliphatic heterocycles. The number of hydrogen-bond donors (Lipinski definition) is 1. The number of tetrazole rings is 1. The van der Waals surface area contributed by atoms with Crippen molar-refractivity contribution in [1.82, 2.24) is 20.2 Å². The molecule has 0 radical (unpaired) electrons. The number of carboxylic acids is 1. The molecular formula is C13H14Cl2N4O2. The van der Waals surface area contributed by atoms with Crippen LogP contribution in [0.15, 0.2) is 18.2 Å². The van der Waals surface area contributed by atoms with Gasteiger partial charge < -0.3 is 5.11 Å². The highest BCUT2D eigenvalue weighted by molar-refractivity contribution is 6.38. The van der Waals surface area contributed by atoms with Gasteiger partial charge in [-0.05, 0) is 35.9 Å². The molecule has 6 nitrogen and oxygen atoms in total. The molecule has 0 bridgehead atoms. The van der Waals surface area contributed by atoms with Gasteiger partial charge in [0.25, 0.3) is 0 Å². The van der Waals surface area contributed by atoms with Crippen molar-refractivity contribution >= 4 is 29.2 Å². The van der Waals surface area contributed by atoms with Gasteiger partial charge in [0.15, 0.2) is 5.82 Å². The second kappa shape index (κ2) is 5.99. The van der Waals surface area contributed by atoms with Gasteiger partial charge in [0.05, 0.1) is 27.6 Å². The third-order valence-corrected chi connectivity index (χ3v) is 4.14. The van der Waals surface area contributed by atoms with E-state index >= 15 is 0 Å². The second-order valence-corrected chi connectivity index (χ2v) is 5.79. The highest BCUT2D eigenvalue weighted by Gasteiger charge is 2.33. The number of aromatic nitrogens is 4. The van der Waals surface area contributed by atoms with Gasteiger partial charge in [-0.3, -0.25) is 4.79 Å². The predicted octanol–water partition coefficient (Wildman–Crippen LogP) is 3.15. The Kier molecular flexibility index (Phi) is 4.49. The molecule has 0 saturated heterocycles. The molecule has 0 spiro atoms. The monoisotopic (exact) mass is 328 g/mol. The number of nitrogens with zero attached hydrogens (tertiary/aromatic N) is 4. The summed E-state index contributed by atoms with van der Waals surface area (Å²) in [6.07, 6.45) is 0.442. The average Bonchev–Trinajstić information content (AvgIpc) is 2.86. The molecule has 1 aromatic heterocycles. The fraction of sp³-hybridized carbons (Fsp3) is 0.385. The lowest BCUT2D eigenvalue weighted by atomic mass is 9.88. The highest BCUT2D eigenvalue weighted by atomic mass is 35.5. The largest absolute Gasteiger partial charge is 0.481 e. The second-order valence-electron chi connectivity index (χ2n) is 4.98. The standard InChI is InChI=1S/C13H14Cl2N4O2/c1-3-13(2,12(20)21)7-19-11(16-17-18-19)10-8(14)5-4-6-9(10)15/h4-6H,3,7H2,1-2H3,(H,20,21). The SMILES string of the molecule is CCC(C)(Cn1nnnc1-c1c(Cl)cccc1Cl)C(=O)O. The van der Waals surface area contributed by atoms with Crippen LogP contribution in [-0.2, 0) is 11.3 Å². The minimum absolute atomic E-state index is 0.128. The summed E-state index contributed by atoms with van der Waals surface area (Å²) >= 11 is 12.3. The minimum atomic E-state index is -0.974. The molecule has 1 unspecified atom stereocenters. The summed E-state index contributed by atoms with van der Waals surface area (Å²) < 4.78 is 1.42. The number of carboxylic acid groups (broad SMARTS) is 1. The molecule has 1 atom stereocenters. The Morgan fingerprint density at radius 2 is 2.00 bits per heavy atom. The number of rotatable bonds is 5. The molecule has 1 heterocycles. The van der Waals surface area contributed by atoms with E-state index in [0.29, 0.717) is 27.9 Å². The summed E-state index contributed by atoms with van der Waals surface area (Å²) in [5, 5.41) is 21.6. The van der Waals surface area contributed by atoms with Crippen LogP contribution in [0.3, 0.4) is 0 Å². The van der Waals surface area contributed by atoms with E-state index in [1.165, 1.54) is 4.68 Å². The van der Waals surface area contributed by atoms with E-state index < -0.39 is 11.4 Å². The number of carbonyl (C=O) groups is 1. The van der Waals surface area contributed by atoms with Gasteiger partial charge in [0.2, 0.25) is 0 Å². The van der Waals surface area contributed by atoms with Crippen LogP contribution in [-0.4, -0.2) is 31.3 Å². The van der Waals surface area contributed by atoms with Gasteiger partial charge >= 0.3 is 5.97 Å². The normalized spacial score (nSPS) is 13.9. The van der Waals surface area contributed by atoms with Crippen molar-refractivity contribution in [3.05, 3.63) is 28.2 Å².